The lowest BCUT2D eigenvalue weighted by atomic mass is 10.2. The van der Waals surface area contributed by atoms with Gasteiger partial charge in [-0.15, -0.1) is 0 Å². The molecule has 0 N–H and O–H groups in total. The minimum Gasteiger partial charge on any atom is -0.469 e. The highest BCUT2D eigenvalue weighted by Crippen LogP contribution is 2.07. The number of benzene rings is 1. The number of thioether (sulfide) groups is 1. The van der Waals surface area contributed by atoms with E-state index >= 15 is 0 Å². The molecular formula is C16H21N3O3S. The lowest BCUT2D eigenvalue weighted by Gasteiger charge is -2.13. The predicted octanol–water partition coefficient (Wildman–Crippen LogP) is 2.54. The van der Waals surface area contributed by atoms with Gasteiger partial charge in [0.15, 0.2) is 5.17 Å². The zero-order valence-corrected chi connectivity index (χ0v) is 14.4. The molecule has 0 heterocycles. The molecule has 0 fully saturated rings. The monoisotopic (exact) mass is 335 g/mol. The Morgan fingerprint density at radius 1 is 1.26 bits per heavy atom. The van der Waals surface area contributed by atoms with Crippen LogP contribution in [0.2, 0.25) is 0 Å². The number of esters is 1. The third-order valence-corrected chi connectivity index (χ3v) is 3.58. The topological polar surface area (TPSA) is 71.3 Å². The number of rotatable bonds is 6. The number of ether oxygens (including phenoxy) is 1. The summed E-state index contributed by atoms with van der Waals surface area (Å²) in [6.07, 6.45) is 4.37. The standard InChI is InChI=1S/C16H21N3O3S/c1-19(17-12-13-8-5-4-6-9-13)16(23-3)18-14(20)10-7-11-15(21)22-2/h4-6,8-9,12H,7,10-11H2,1-3H3. The van der Waals surface area contributed by atoms with E-state index in [1.54, 1.807) is 18.3 Å². The fraction of sp³-hybridized carbons (Fsp3) is 0.375. The first kappa shape index (κ1) is 18.9. The largest absolute Gasteiger partial charge is 0.469 e. The number of hydrogen-bond acceptors (Lipinski definition) is 5. The van der Waals surface area contributed by atoms with Gasteiger partial charge in [0.25, 0.3) is 0 Å². The minimum atomic E-state index is -0.323. The van der Waals surface area contributed by atoms with Gasteiger partial charge in [-0.2, -0.15) is 10.1 Å². The van der Waals surface area contributed by atoms with Crippen LogP contribution in [0.4, 0.5) is 0 Å². The Labute approximate surface area is 140 Å². The summed E-state index contributed by atoms with van der Waals surface area (Å²) < 4.78 is 4.53. The van der Waals surface area contributed by atoms with Gasteiger partial charge in [0, 0.05) is 19.9 Å². The van der Waals surface area contributed by atoms with Crippen molar-refractivity contribution in [3.8, 4) is 0 Å². The van der Waals surface area contributed by atoms with Crippen LogP contribution in [0.3, 0.4) is 0 Å². The Bertz CT molecular complexity index is 573. The minimum absolute atomic E-state index is 0.204. The molecule has 1 aromatic carbocycles. The molecule has 0 radical (unpaired) electrons. The average Bonchev–Trinajstić information content (AvgIpc) is 2.58. The second-order valence-electron chi connectivity index (χ2n) is 4.60. The van der Waals surface area contributed by atoms with E-state index in [-0.39, 0.29) is 24.7 Å². The smallest absolute Gasteiger partial charge is 0.305 e. The molecule has 0 aliphatic rings. The summed E-state index contributed by atoms with van der Waals surface area (Å²) in [7, 11) is 3.06. The van der Waals surface area contributed by atoms with Crippen LogP contribution in [0.1, 0.15) is 24.8 Å². The fourth-order valence-electron chi connectivity index (χ4n) is 1.64. The zero-order chi connectivity index (χ0) is 17.1. The first-order chi connectivity index (χ1) is 11.1. The summed E-state index contributed by atoms with van der Waals surface area (Å²) in [5.74, 6) is -0.600. The van der Waals surface area contributed by atoms with Crippen LogP contribution in [0.15, 0.2) is 40.4 Å². The van der Waals surface area contributed by atoms with Crippen molar-refractivity contribution in [2.24, 2.45) is 10.1 Å². The molecule has 1 rings (SSSR count). The average molecular weight is 335 g/mol. The lowest BCUT2D eigenvalue weighted by molar-refractivity contribution is -0.140. The Balaban J connectivity index is 2.57. The quantitative estimate of drug-likeness (QED) is 0.346. The summed E-state index contributed by atoms with van der Waals surface area (Å²) in [6, 6.07) is 9.66. The van der Waals surface area contributed by atoms with Crippen molar-refractivity contribution >= 4 is 35.0 Å². The van der Waals surface area contributed by atoms with Crippen LogP contribution in [0.5, 0.6) is 0 Å². The van der Waals surface area contributed by atoms with E-state index in [1.165, 1.54) is 18.9 Å². The molecule has 1 aromatic rings. The molecule has 124 valence electrons. The van der Waals surface area contributed by atoms with E-state index in [9.17, 15) is 9.59 Å². The summed E-state index contributed by atoms with van der Waals surface area (Å²) in [4.78, 5) is 26.9. The van der Waals surface area contributed by atoms with Crippen molar-refractivity contribution < 1.29 is 14.3 Å². The van der Waals surface area contributed by atoms with E-state index in [4.69, 9.17) is 0 Å². The maximum Gasteiger partial charge on any atom is 0.305 e. The lowest BCUT2D eigenvalue weighted by Crippen LogP contribution is -2.19. The van der Waals surface area contributed by atoms with Gasteiger partial charge in [0.05, 0.1) is 13.3 Å². The summed E-state index contributed by atoms with van der Waals surface area (Å²) >= 11 is 1.34. The van der Waals surface area contributed by atoms with Crippen molar-refractivity contribution in [3.05, 3.63) is 35.9 Å². The van der Waals surface area contributed by atoms with Gasteiger partial charge in [-0.3, -0.25) is 9.59 Å². The second-order valence-corrected chi connectivity index (χ2v) is 5.37. The Kier molecular flexibility index (Phi) is 8.67. The van der Waals surface area contributed by atoms with Crippen LogP contribution < -0.4 is 0 Å². The number of hydrogen-bond donors (Lipinski definition) is 0. The Morgan fingerprint density at radius 3 is 2.57 bits per heavy atom. The second kappa shape index (κ2) is 10.6. The molecule has 6 nitrogen and oxygen atoms in total. The van der Waals surface area contributed by atoms with Gasteiger partial charge >= 0.3 is 5.97 Å². The normalized spacial score (nSPS) is 11.5. The van der Waals surface area contributed by atoms with Crippen molar-refractivity contribution in [2.75, 3.05) is 20.4 Å². The van der Waals surface area contributed by atoms with Crippen molar-refractivity contribution in [1.29, 1.82) is 0 Å². The number of aliphatic imine (C=N–C) groups is 1. The maximum absolute atomic E-state index is 11.8. The number of amides is 1. The Morgan fingerprint density at radius 2 is 1.96 bits per heavy atom. The Hall–Kier alpha value is -2.15. The fourth-order valence-corrected chi connectivity index (χ4v) is 2.14. The molecule has 0 atom stereocenters. The molecule has 7 heteroatoms. The summed E-state index contributed by atoms with van der Waals surface area (Å²) in [6.45, 7) is 0. The molecule has 23 heavy (non-hydrogen) atoms. The van der Waals surface area contributed by atoms with Gasteiger partial charge in [0.1, 0.15) is 0 Å². The first-order valence-electron chi connectivity index (χ1n) is 7.12. The van der Waals surface area contributed by atoms with Crippen LogP contribution in [-0.2, 0) is 14.3 Å². The summed E-state index contributed by atoms with van der Waals surface area (Å²) in [5.41, 5.74) is 0.962. The van der Waals surface area contributed by atoms with Crippen LogP contribution >= 0.6 is 11.8 Å². The number of methoxy groups -OCH3 is 1. The molecular weight excluding hydrogens is 314 g/mol. The SMILES string of the molecule is COC(=O)CCCC(=O)N=C(SC)N(C)N=Cc1ccccc1. The van der Waals surface area contributed by atoms with E-state index in [2.05, 4.69) is 14.8 Å². The highest BCUT2D eigenvalue weighted by molar-refractivity contribution is 8.13. The van der Waals surface area contributed by atoms with Crippen LogP contribution in [0.25, 0.3) is 0 Å². The van der Waals surface area contributed by atoms with Gasteiger partial charge in [-0.05, 0) is 18.2 Å². The maximum atomic E-state index is 11.8. The van der Waals surface area contributed by atoms with E-state index in [1.807, 2.05) is 36.6 Å². The molecule has 0 unspecified atom stereocenters. The first-order valence-corrected chi connectivity index (χ1v) is 8.34. The molecule has 0 saturated heterocycles. The number of nitrogens with zero attached hydrogens (tertiary/aromatic N) is 3. The van der Waals surface area contributed by atoms with Crippen molar-refractivity contribution in [2.45, 2.75) is 19.3 Å². The zero-order valence-electron chi connectivity index (χ0n) is 13.6. The summed E-state index contributed by atoms with van der Waals surface area (Å²) in [5, 5.41) is 6.32. The molecule has 0 spiro atoms. The van der Waals surface area contributed by atoms with E-state index in [0.29, 0.717) is 11.6 Å². The molecule has 0 aromatic heterocycles. The third-order valence-electron chi connectivity index (χ3n) is 2.86. The molecule has 0 bridgehead atoms. The van der Waals surface area contributed by atoms with Gasteiger partial charge < -0.3 is 4.74 Å². The molecule has 0 saturated carbocycles. The van der Waals surface area contributed by atoms with Crippen LogP contribution in [0, 0.1) is 0 Å². The van der Waals surface area contributed by atoms with Gasteiger partial charge in [0.2, 0.25) is 5.91 Å². The predicted molar refractivity (Wildman–Crippen MR) is 93.6 cm³/mol. The van der Waals surface area contributed by atoms with Crippen LogP contribution in [-0.4, -0.2) is 48.7 Å². The number of hydrazone groups is 1. The van der Waals surface area contributed by atoms with Crippen molar-refractivity contribution in [1.82, 2.24) is 5.01 Å². The van der Waals surface area contributed by atoms with Crippen molar-refractivity contribution in [3.63, 3.8) is 0 Å². The van der Waals surface area contributed by atoms with Gasteiger partial charge in [-0.25, -0.2) is 5.01 Å². The third kappa shape index (κ3) is 7.60. The molecule has 1 amide bonds. The van der Waals surface area contributed by atoms with E-state index in [0.717, 1.165) is 5.56 Å². The van der Waals surface area contributed by atoms with Gasteiger partial charge in [-0.1, -0.05) is 42.1 Å². The molecule has 0 aliphatic heterocycles. The number of amidine groups is 1. The highest BCUT2D eigenvalue weighted by atomic mass is 32.2. The number of carbonyl (C=O) groups is 2. The highest BCUT2D eigenvalue weighted by Gasteiger charge is 2.08. The van der Waals surface area contributed by atoms with E-state index < -0.39 is 0 Å². The number of carbonyl (C=O) groups excluding carboxylic acids is 2. The molecule has 0 aliphatic carbocycles.